The molecule has 9 nitrogen and oxygen atoms in total. The summed E-state index contributed by atoms with van der Waals surface area (Å²) in [7, 11) is 0. The van der Waals surface area contributed by atoms with E-state index in [9.17, 15) is 4.79 Å². The third-order valence-corrected chi connectivity index (χ3v) is 3.20. The van der Waals surface area contributed by atoms with Crippen LogP contribution in [0.25, 0.3) is 11.3 Å². The van der Waals surface area contributed by atoms with Crippen molar-refractivity contribution < 1.29 is 14.2 Å². The maximum absolute atomic E-state index is 11.7. The molecule has 3 rings (SSSR count). The molecule has 0 atom stereocenters. The molecule has 0 saturated carbocycles. The molecule has 9 heteroatoms. The second kappa shape index (κ2) is 7.12. The fourth-order valence-electron chi connectivity index (χ4n) is 2.14. The van der Waals surface area contributed by atoms with Crippen molar-refractivity contribution in [3.05, 3.63) is 29.8 Å². The van der Waals surface area contributed by atoms with Gasteiger partial charge in [0.25, 0.3) is 0 Å². The van der Waals surface area contributed by atoms with Gasteiger partial charge < -0.3 is 15.4 Å². The van der Waals surface area contributed by atoms with Crippen LogP contribution in [0.3, 0.4) is 0 Å². The average molecular weight is 342 g/mol. The Morgan fingerprint density at radius 2 is 1.76 bits per heavy atom. The highest BCUT2D eigenvalue weighted by atomic mass is 16.6. The van der Waals surface area contributed by atoms with Gasteiger partial charge in [-0.2, -0.15) is 0 Å². The summed E-state index contributed by atoms with van der Waals surface area (Å²) in [5.41, 5.74) is 1.85. The summed E-state index contributed by atoms with van der Waals surface area (Å²) in [5, 5.41) is 13.8. The highest BCUT2D eigenvalue weighted by Gasteiger charge is 2.14. The minimum Gasteiger partial charge on any atom is -0.462 e. The van der Waals surface area contributed by atoms with Crippen LogP contribution in [-0.4, -0.2) is 38.9 Å². The monoisotopic (exact) mass is 342 g/mol. The summed E-state index contributed by atoms with van der Waals surface area (Å²) in [6.07, 6.45) is 0. The number of aromatic nitrogens is 4. The van der Waals surface area contributed by atoms with Crippen molar-refractivity contribution in [2.24, 2.45) is 0 Å². The van der Waals surface area contributed by atoms with Crippen molar-refractivity contribution in [3.63, 3.8) is 0 Å². The third kappa shape index (κ3) is 3.82. The molecule has 2 heterocycles. The first kappa shape index (κ1) is 16.6. The van der Waals surface area contributed by atoms with Gasteiger partial charge in [-0.1, -0.05) is 0 Å². The molecule has 0 aliphatic heterocycles. The molecule has 1 aromatic carbocycles. The molecule has 2 N–H and O–H groups in total. The molecule has 0 aliphatic carbocycles. The van der Waals surface area contributed by atoms with Crippen LogP contribution in [0.5, 0.6) is 0 Å². The number of esters is 1. The van der Waals surface area contributed by atoms with Crippen molar-refractivity contribution in [3.8, 4) is 0 Å². The molecule has 25 heavy (non-hydrogen) atoms. The van der Waals surface area contributed by atoms with Gasteiger partial charge in [-0.15, -0.1) is 0 Å². The van der Waals surface area contributed by atoms with Gasteiger partial charge in [-0.05, 0) is 55.4 Å². The molecule has 2 aromatic heterocycles. The number of rotatable bonds is 6. The number of ether oxygens (including phenoxy) is 1. The van der Waals surface area contributed by atoms with Crippen molar-refractivity contribution in [2.45, 2.75) is 26.8 Å². The smallest absolute Gasteiger partial charge is 0.338 e. The summed E-state index contributed by atoms with van der Waals surface area (Å²) in [4.78, 5) is 20.4. The molecule has 0 bridgehead atoms. The van der Waals surface area contributed by atoms with E-state index in [0.717, 1.165) is 5.69 Å². The number of hydrogen-bond donors (Lipinski definition) is 2. The maximum Gasteiger partial charge on any atom is 0.338 e. The molecule has 0 saturated heterocycles. The van der Waals surface area contributed by atoms with E-state index < -0.39 is 0 Å². The molecule has 0 amide bonds. The lowest BCUT2D eigenvalue weighted by atomic mass is 10.2. The van der Waals surface area contributed by atoms with Crippen LogP contribution in [0.15, 0.2) is 28.9 Å². The predicted molar refractivity (Wildman–Crippen MR) is 91.8 cm³/mol. The molecule has 0 spiro atoms. The number of hydrogen-bond acceptors (Lipinski definition) is 9. The van der Waals surface area contributed by atoms with E-state index in [2.05, 4.69) is 35.5 Å². The zero-order valence-electron chi connectivity index (χ0n) is 14.1. The van der Waals surface area contributed by atoms with Gasteiger partial charge in [0.2, 0.25) is 11.3 Å². The second-order valence-corrected chi connectivity index (χ2v) is 5.55. The normalized spacial score (nSPS) is 10.9. The Kier molecular flexibility index (Phi) is 4.73. The minimum absolute atomic E-state index is 0.151. The number of carbonyl (C=O) groups is 1. The van der Waals surface area contributed by atoms with Crippen LogP contribution >= 0.6 is 0 Å². The summed E-state index contributed by atoms with van der Waals surface area (Å²) >= 11 is 0. The number of fused-ring (bicyclic) bond motifs is 1. The Labute approximate surface area is 143 Å². The van der Waals surface area contributed by atoms with Crippen LogP contribution in [0.2, 0.25) is 0 Å². The van der Waals surface area contributed by atoms with E-state index in [1.165, 1.54) is 0 Å². The second-order valence-electron chi connectivity index (χ2n) is 5.55. The van der Waals surface area contributed by atoms with E-state index >= 15 is 0 Å². The Morgan fingerprint density at radius 3 is 2.36 bits per heavy atom. The standard InChI is InChI=1S/C16H18N6O3/c1-4-24-16(23)10-5-7-11(8-6-10)18-13-12(17-9(2)3)19-14-15(20-13)22-25-21-14/h5-9H,4H2,1-3H3,(H,17,19,21)(H,18,20,22). The van der Waals surface area contributed by atoms with Crippen molar-refractivity contribution >= 4 is 34.6 Å². The highest BCUT2D eigenvalue weighted by molar-refractivity contribution is 5.90. The molecular formula is C16H18N6O3. The molecule has 0 fully saturated rings. The van der Waals surface area contributed by atoms with Gasteiger partial charge in [0.05, 0.1) is 12.2 Å². The van der Waals surface area contributed by atoms with Gasteiger partial charge in [-0.3, -0.25) is 0 Å². The molecule has 0 unspecified atom stereocenters. The van der Waals surface area contributed by atoms with Crippen molar-refractivity contribution in [1.82, 2.24) is 20.3 Å². The lowest BCUT2D eigenvalue weighted by Crippen LogP contribution is -2.13. The Hall–Kier alpha value is -3.23. The van der Waals surface area contributed by atoms with Crippen LogP contribution in [0.4, 0.5) is 17.3 Å². The first-order valence-corrected chi connectivity index (χ1v) is 7.88. The van der Waals surface area contributed by atoms with E-state index in [1.807, 2.05) is 13.8 Å². The van der Waals surface area contributed by atoms with Gasteiger partial charge in [0, 0.05) is 11.7 Å². The van der Waals surface area contributed by atoms with E-state index in [4.69, 9.17) is 4.74 Å². The molecule has 3 aromatic rings. The van der Waals surface area contributed by atoms with Crippen LogP contribution < -0.4 is 10.6 Å². The molecule has 0 radical (unpaired) electrons. The fourth-order valence-corrected chi connectivity index (χ4v) is 2.14. The quantitative estimate of drug-likeness (QED) is 0.652. The summed E-state index contributed by atoms with van der Waals surface area (Å²) in [5.74, 6) is 0.666. The summed E-state index contributed by atoms with van der Waals surface area (Å²) in [6, 6.07) is 7.04. The molecule has 0 aliphatic rings. The van der Waals surface area contributed by atoms with Crippen LogP contribution in [0, 0.1) is 0 Å². The van der Waals surface area contributed by atoms with Crippen LogP contribution in [0.1, 0.15) is 31.1 Å². The van der Waals surface area contributed by atoms with Crippen molar-refractivity contribution in [1.29, 1.82) is 0 Å². The lowest BCUT2D eigenvalue weighted by Gasteiger charge is -2.14. The zero-order valence-corrected chi connectivity index (χ0v) is 14.1. The Morgan fingerprint density at radius 1 is 1.12 bits per heavy atom. The van der Waals surface area contributed by atoms with Gasteiger partial charge in [-0.25, -0.2) is 19.4 Å². The topological polar surface area (TPSA) is 115 Å². The van der Waals surface area contributed by atoms with Crippen LogP contribution in [-0.2, 0) is 4.74 Å². The number of anilines is 3. The number of nitrogens with zero attached hydrogens (tertiary/aromatic N) is 4. The first-order chi connectivity index (χ1) is 12.1. The predicted octanol–water partition coefficient (Wildman–Crippen LogP) is 2.75. The largest absolute Gasteiger partial charge is 0.462 e. The number of carbonyl (C=O) groups excluding carboxylic acids is 1. The lowest BCUT2D eigenvalue weighted by molar-refractivity contribution is 0.0526. The zero-order chi connectivity index (χ0) is 17.8. The van der Waals surface area contributed by atoms with Crippen molar-refractivity contribution in [2.75, 3.05) is 17.2 Å². The average Bonchev–Trinajstić information content (AvgIpc) is 3.02. The first-order valence-electron chi connectivity index (χ1n) is 7.88. The third-order valence-electron chi connectivity index (χ3n) is 3.20. The maximum atomic E-state index is 11.7. The number of nitrogens with one attached hydrogen (secondary N) is 2. The fraction of sp³-hybridized carbons (Fsp3) is 0.312. The van der Waals surface area contributed by atoms with Gasteiger partial charge in [0.1, 0.15) is 0 Å². The Balaban J connectivity index is 1.87. The highest BCUT2D eigenvalue weighted by Crippen LogP contribution is 2.24. The SMILES string of the molecule is CCOC(=O)c1ccc(Nc2nc3nonc3nc2NC(C)C)cc1. The molecular weight excluding hydrogens is 324 g/mol. The summed E-state index contributed by atoms with van der Waals surface area (Å²) < 4.78 is 9.63. The van der Waals surface area contributed by atoms with E-state index in [1.54, 1.807) is 31.2 Å². The Bertz CT molecular complexity index is 875. The van der Waals surface area contributed by atoms with E-state index in [0.29, 0.717) is 35.1 Å². The summed E-state index contributed by atoms with van der Waals surface area (Å²) in [6.45, 7) is 6.09. The molecule has 130 valence electrons. The minimum atomic E-state index is -0.355. The van der Waals surface area contributed by atoms with Gasteiger partial charge >= 0.3 is 5.97 Å². The van der Waals surface area contributed by atoms with Gasteiger partial charge in [0.15, 0.2) is 11.6 Å². The number of benzene rings is 1. The van der Waals surface area contributed by atoms with E-state index in [-0.39, 0.29) is 12.0 Å².